The lowest BCUT2D eigenvalue weighted by Crippen LogP contribution is -2.24. The van der Waals surface area contributed by atoms with Crippen LogP contribution in [0.2, 0.25) is 5.02 Å². The first kappa shape index (κ1) is 17.8. The molecule has 0 saturated heterocycles. The largest absolute Gasteiger partial charge is 0.496 e. The number of nitrogens with zero attached hydrogens (tertiary/aromatic N) is 1. The number of benzene rings is 3. The molecule has 3 rings (SSSR count). The van der Waals surface area contributed by atoms with Crippen molar-refractivity contribution >= 4 is 34.5 Å². The molecule has 3 aromatic rings. The van der Waals surface area contributed by atoms with Gasteiger partial charge in [-0.15, -0.1) is 0 Å². The zero-order valence-corrected chi connectivity index (χ0v) is 14.9. The molecule has 5 nitrogen and oxygen atoms in total. The van der Waals surface area contributed by atoms with Gasteiger partial charge in [-0.25, -0.2) is 5.43 Å². The van der Waals surface area contributed by atoms with Crippen molar-refractivity contribution in [2.75, 3.05) is 13.7 Å². The van der Waals surface area contributed by atoms with Crippen LogP contribution >= 0.6 is 11.6 Å². The van der Waals surface area contributed by atoms with Gasteiger partial charge >= 0.3 is 0 Å². The molecule has 0 aromatic heterocycles. The SMILES string of the molecule is COc1ccc(C=NNC(=O)COc2ccc(Cl)cc2)c2ccccc12. The van der Waals surface area contributed by atoms with E-state index in [9.17, 15) is 4.79 Å². The van der Waals surface area contributed by atoms with Crippen molar-refractivity contribution in [3.63, 3.8) is 0 Å². The van der Waals surface area contributed by atoms with Crippen LogP contribution in [0.1, 0.15) is 5.56 Å². The number of nitrogens with one attached hydrogen (secondary N) is 1. The van der Waals surface area contributed by atoms with E-state index >= 15 is 0 Å². The Morgan fingerprint density at radius 2 is 1.81 bits per heavy atom. The highest BCUT2D eigenvalue weighted by molar-refractivity contribution is 6.30. The Morgan fingerprint density at radius 3 is 2.54 bits per heavy atom. The van der Waals surface area contributed by atoms with Crippen LogP contribution in [0.15, 0.2) is 65.8 Å². The second-order valence-electron chi connectivity index (χ2n) is 5.44. The molecule has 0 bridgehead atoms. The summed E-state index contributed by atoms with van der Waals surface area (Å²) in [6, 6.07) is 18.4. The first-order chi connectivity index (χ1) is 12.7. The van der Waals surface area contributed by atoms with Crippen molar-refractivity contribution in [2.45, 2.75) is 0 Å². The standard InChI is InChI=1S/C20H17ClN2O3/c1-25-19-11-6-14(17-4-2-3-5-18(17)19)12-22-23-20(24)13-26-16-9-7-15(21)8-10-16/h2-12H,13H2,1H3,(H,23,24). The van der Waals surface area contributed by atoms with E-state index in [-0.39, 0.29) is 12.5 Å². The topological polar surface area (TPSA) is 59.9 Å². The van der Waals surface area contributed by atoms with Gasteiger partial charge in [0.25, 0.3) is 5.91 Å². The minimum Gasteiger partial charge on any atom is -0.496 e. The predicted octanol–water partition coefficient (Wildman–Crippen LogP) is 4.03. The van der Waals surface area contributed by atoms with Crippen molar-refractivity contribution in [1.82, 2.24) is 5.43 Å². The highest BCUT2D eigenvalue weighted by Gasteiger charge is 2.05. The molecular formula is C20H17ClN2O3. The van der Waals surface area contributed by atoms with Gasteiger partial charge in [0.05, 0.1) is 13.3 Å². The number of halogens is 1. The van der Waals surface area contributed by atoms with Gasteiger partial charge < -0.3 is 9.47 Å². The molecule has 132 valence electrons. The molecule has 0 aliphatic heterocycles. The molecule has 0 unspecified atom stereocenters. The van der Waals surface area contributed by atoms with E-state index in [0.717, 1.165) is 22.1 Å². The van der Waals surface area contributed by atoms with Crippen molar-refractivity contribution in [3.8, 4) is 11.5 Å². The number of hydrogen-bond donors (Lipinski definition) is 1. The van der Waals surface area contributed by atoms with E-state index in [0.29, 0.717) is 10.8 Å². The molecule has 0 heterocycles. The molecule has 6 heteroatoms. The molecule has 1 amide bonds. The lowest BCUT2D eigenvalue weighted by atomic mass is 10.0. The summed E-state index contributed by atoms with van der Waals surface area (Å²) in [6.45, 7) is -0.137. The molecule has 0 atom stereocenters. The van der Waals surface area contributed by atoms with E-state index in [4.69, 9.17) is 21.1 Å². The molecule has 0 aliphatic rings. The third kappa shape index (κ3) is 4.32. The van der Waals surface area contributed by atoms with E-state index in [1.54, 1.807) is 37.6 Å². The Balaban J connectivity index is 1.62. The molecule has 26 heavy (non-hydrogen) atoms. The summed E-state index contributed by atoms with van der Waals surface area (Å²) in [7, 11) is 1.64. The van der Waals surface area contributed by atoms with Crippen molar-refractivity contribution in [3.05, 3.63) is 71.2 Å². The fourth-order valence-corrected chi connectivity index (χ4v) is 2.60. The molecule has 1 N–H and O–H groups in total. The second-order valence-corrected chi connectivity index (χ2v) is 5.87. The van der Waals surface area contributed by atoms with Gasteiger partial charge in [-0.2, -0.15) is 5.10 Å². The minimum absolute atomic E-state index is 0.137. The molecule has 0 spiro atoms. The first-order valence-electron chi connectivity index (χ1n) is 7.93. The number of methoxy groups -OCH3 is 1. The summed E-state index contributed by atoms with van der Waals surface area (Å²) >= 11 is 5.80. The molecule has 0 saturated carbocycles. The second kappa shape index (κ2) is 8.36. The molecule has 0 fully saturated rings. The smallest absolute Gasteiger partial charge is 0.277 e. The first-order valence-corrected chi connectivity index (χ1v) is 8.31. The number of hydrazone groups is 1. The Bertz CT molecular complexity index is 939. The maximum absolute atomic E-state index is 11.8. The van der Waals surface area contributed by atoms with E-state index in [1.807, 2.05) is 36.4 Å². The fourth-order valence-electron chi connectivity index (χ4n) is 2.47. The number of carbonyl (C=O) groups is 1. The minimum atomic E-state index is -0.353. The van der Waals surface area contributed by atoms with Crippen molar-refractivity contribution in [2.24, 2.45) is 5.10 Å². The predicted molar refractivity (Wildman–Crippen MR) is 103 cm³/mol. The van der Waals surface area contributed by atoms with Crippen LogP contribution in [-0.4, -0.2) is 25.8 Å². The monoisotopic (exact) mass is 368 g/mol. The summed E-state index contributed by atoms with van der Waals surface area (Å²) in [6.07, 6.45) is 1.60. The number of hydrogen-bond acceptors (Lipinski definition) is 4. The van der Waals surface area contributed by atoms with E-state index in [2.05, 4.69) is 10.5 Å². The number of amides is 1. The van der Waals surface area contributed by atoms with Crippen LogP contribution in [-0.2, 0) is 4.79 Å². The summed E-state index contributed by atoms with van der Waals surface area (Å²) in [5.41, 5.74) is 3.33. The lowest BCUT2D eigenvalue weighted by molar-refractivity contribution is -0.123. The number of ether oxygens (including phenoxy) is 2. The van der Waals surface area contributed by atoms with Gasteiger partial charge in [0, 0.05) is 16.0 Å². The Kier molecular flexibility index (Phi) is 5.71. The van der Waals surface area contributed by atoms with Crippen molar-refractivity contribution in [1.29, 1.82) is 0 Å². The fraction of sp³-hybridized carbons (Fsp3) is 0.100. The normalized spacial score (nSPS) is 10.8. The van der Waals surface area contributed by atoms with Gasteiger partial charge in [0.2, 0.25) is 0 Å². The van der Waals surface area contributed by atoms with Crippen LogP contribution in [0.3, 0.4) is 0 Å². The number of fused-ring (bicyclic) bond motifs is 1. The van der Waals surface area contributed by atoms with Gasteiger partial charge in [0.1, 0.15) is 11.5 Å². The third-order valence-corrected chi connectivity index (χ3v) is 3.97. The van der Waals surface area contributed by atoms with Crippen LogP contribution in [0.4, 0.5) is 0 Å². The lowest BCUT2D eigenvalue weighted by Gasteiger charge is -2.07. The molecule has 0 radical (unpaired) electrons. The maximum Gasteiger partial charge on any atom is 0.277 e. The maximum atomic E-state index is 11.8. The summed E-state index contributed by atoms with van der Waals surface area (Å²) in [5.74, 6) is 1.00. The van der Waals surface area contributed by atoms with E-state index in [1.165, 1.54) is 0 Å². The Morgan fingerprint density at radius 1 is 1.08 bits per heavy atom. The summed E-state index contributed by atoms with van der Waals surface area (Å²) < 4.78 is 10.7. The average molecular weight is 369 g/mol. The van der Waals surface area contributed by atoms with Gasteiger partial charge in [-0.1, -0.05) is 35.9 Å². The molecular weight excluding hydrogens is 352 g/mol. The quantitative estimate of drug-likeness (QED) is 0.528. The van der Waals surface area contributed by atoms with Crippen LogP contribution < -0.4 is 14.9 Å². The number of rotatable bonds is 6. The average Bonchev–Trinajstić information content (AvgIpc) is 2.67. The van der Waals surface area contributed by atoms with Crippen molar-refractivity contribution < 1.29 is 14.3 Å². The molecule has 0 aliphatic carbocycles. The number of carbonyl (C=O) groups excluding carboxylic acids is 1. The van der Waals surface area contributed by atoms with Gasteiger partial charge in [-0.3, -0.25) is 4.79 Å². The molecule has 3 aromatic carbocycles. The summed E-state index contributed by atoms with van der Waals surface area (Å²) in [4.78, 5) is 11.8. The third-order valence-electron chi connectivity index (χ3n) is 3.71. The van der Waals surface area contributed by atoms with E-state index < -0.39 is 0 Å². The highest BCUT2D eigenvalue weighted by atomic mass is 35.5. The zero-order chi connectivity index (χ0) is 18.4. The van der Waals surface area contributed by atoms with Gasteiger partial charge in [0.15, 0.2) is 6.61 Å². The Labute approximate surface area is 156 Å². The highest BCUT2D eigenvalue weighted by Crippen LogP contribution is 2.27. The van der Waals surface area contributed by atoms with Crippen LogP contribution in [0.25, 0.3) is 10.8 Å². The Hall–Kier alpha value is -3.05. The summed E-state index contributed by atoms with van der Waals surface area (Å²) in [5, 5.41) is 6.59. The van der Waals surface area contributed by atoms with Gasteiger partial charge in [-0.05, 0) is 41.8 Å². The van der Waals surface area contributed by atoms with Crippen LogP contribution in [0, 0.1) is 0 Å². The zero-order valence-electron chi connectivity index (χ0n) is 14.1. The van der Waals surface area contributed by atoms with Crippen LogP contribution in [0.5, 0.6) is 11.5 Å².